The molecule has 0 bridgehead atoms. The number of aliphatic carboxylic acids is 1. The van der Waals surface area contributed by atoms with Crippen molar-refractivity contribution >= 4 is 17.0 Å². The largest absolute Gasteiger partial charge is 0.481 e. The van der Waals surface area contributed by atoms with Gasteiger partial charge in [-0.15, -0.1) is 0 Å². The number of para-hydroxylation sites is 2. The molecule has 17 heavy (non-hydrogen) atoms. The second-order valence-electron chi connectivity index (χ2n) is 3.99. The molecule has 0 unspecified atom stereocenters. The molecule has 0 saturated carbocycles. The Morgan fingerprint density at radius 2 is 2.18 bits per heavy atom. The maximum atomic E-state index is 10.4. The number of aromatic amines is 1. The molecule has 2 aromatic rings. The molecule has 1 aromatic carbocycles. The van der Waals surface area contributed by atoms with E-state index in [0.717, 1.165) is 16.9 Å². The van der Waals surface area contributed by atoms with Crippen LogP contribution in [0.25, 0.3) is 11.0 Å². The summed E-state index contributed by atoms with van der Waals surface area (Å²) in [7, 11) is 0. The first-order chi connectivity index (χ1) is 8.15. The van der Waals surface area contributed by atoms with Crippen molar-refractivity contribution in [1.29, 1.82) is 0 Å². The van der Waals surface area contributed by atoms with Crippen LogP contribution >= 0.6 is 0 Å². The first kappa shape index (κ1) is 11.6. The topological polar surface area (TPSA) is 86.2 Å². The van der Waals surface area contributed by atoms with E-state index in [0.29, 0.717) is 12.8 Å². The Balaban J connectivity index is 1.97. The van der Waals surface area contributed by atoms with E-state index in [2.05, 4.69) is 9.97 Å². The SMILES string of the molecule is O=C(O)C[C@H](O)CCc1nc2ccccc2[nH]1. The van der Waals surface area contributed by atoms with E-state index in [9.17, 15) is 9.90 Å². The monoisotopic (exact) mass is 234 g/mol. The molecule has 1 heterocycles. The fourth-order valence-corrected chi connectivity index (χ4v) is 1.73. The minimum absolute atomic E-state index is 0.222. The molecule has 1 atom stereocenters. The van der Waals surface area contributed by atoms with Crippen molar-refractivity contribution in [2.45, 2.75) is 25.4 Å². The Labute approximate surface area is 98.1 Å². The van der Waals surface area contributed by atoms with Crippen LogP contribution in [0.1, 0.15) is 18.7 Å². The van der Waals surface area contributed by atoms with Crippen LogP contribution in [0.4, 0.5) is 0 Å². The Hall–Kier alpha value is -1.88. The highest BCUT2D eigenvalue weighted by Gasteiger charge is 2.10. The Morgan fingerprint density at radius 1 is 1.41 bits per heavy atom. The van der Waals surface area contributed by atoms with Crippen molar-refractivity contribution in [3.05, 3.63) is 30.1 Å². The number of nitrogens with one attached hydrogen (secondary N) is 1. The molecule has 5 heteroatoms. The molecule has 5 nitrogen and oxygen atoms in total. The summed E-state index contributed by atoms with van der Waals surface area (Å²) in [5.74, 6) is -0.210. The summed E-state index contributed by atoms with van der Waals surface area (Å²) in [4.78, 5) is 17.9. The lowest BCUT2D eigenvalue weighted by Crippen LogP contribution is -2.13. The minimum atomic E-state index is -0.984. The summed E-state index contributed by atoms with van der Waals surface area (Å²) >= 11 is 0. The van der Waals surface area contributed by atoms with E-state index in [1.807, 2.05) is 24.3 Å². The number of hydrogen-bond donors (Lipinski definition) is 3. The molecule has 0 amide bonds. The minimum Gasteiger partial charge on any atom is -0.481 e. The molecule has 0 aliphatic rings. The number of benzene rings is 1. The fraction of sp³-hybridized carbons (Fsp3) is 0.333. The predicted octanol–water partition coefficient (Wildman–Crippen LogP) is 1.33. The van der Waals surface area contributed by atoms with Gasteiger partial charge in [-0.05, 0) is 18.6 Å². The number of nitrogens with zero attached hydrogens (tertiary/aromatic N) is 1. The predicted molar refractivity (Wildman–Crippen MR) is 62.7 cm³/mol. The Bertz CT molecular complexity index is 488. The lowest BCUT2D eigenvalue weighted by Gasteiger charge is -2.05. The zero-order valence-corrected chi connectivity index (χ0v) is 9.26. The number of carboxylic acids is 1. The number of H-pyrrole nitrogens is 1. The smallest absolute Gasteiger partial charge is 0.305 e. The number of rotatable bonds is 5. The van der Waals surface area contributed by atoms with Crippen molar-refractivity contribution < 1.29 is 15.0 Å². The second kappa shape index (κ2) is 4.97. The van der Waals surface area contributed by atoms with Crippen LogP contribution in [0.5, 0.6) is 0 Å². The number of carbonyl (C=O) groups is 1. The number of hydrogen-bond acceptors (Lipinski definition) is 3. The van der Waals surface area contributed by atoms with Gasteiger partial charge >= 0.3 is 5.97 Å². The lowest BCUT2D eigenvalue weighted by atomic mass is 10.1. The van der Waals surface area contributed by atoms with Crippen molar-refractivity contribution in [1.82, 2.24) is 9.97 Å². The number of fused-ring (bicyclic) bond motifs is 1. The maximum Gasteiger partial charge on any atom is 0.305 e. The van der Waals surface area contributed by atoms with Gasteiger partial charge in [0.15, 0.2) is 0 Å². The van der Waals surface area contributed by atoms with Crippen molar-refractivity contribution in [3.63, 3.8) is 0 Å². The van der Waals surface area contributed by atoms with Gasteiger partial charge in [0.1, 0.15) is 5.82 Å². The van der Waals surface area contributed by atoms with Gasteiger partial charge in [-0.2, -0.15) is 0 Å². The highest BCUT2D eigenvalue weighted by Crippen LogP contribution is 2.12. The van der Waals surface area contributed by atoms with Gasteiger partial charge in [0, 0.05) is 6.42 Å². The molecule has 0 aliphatic carbocycles. The van der Waals surface area contributed by atoms with Crippen LogP contribution in [0.3, 0.4) is 0 Å². The zero-order chi connectivity index (χ0) is 12.3. The molecule has 0 aliphatic heterocycles. The van der Waals surface area contributed by atoms with Gasteiger partial charge in [0.05, 0.1) is 23.6 Å². The van der Waals surface area contributed by atoms with Crippen LogP contribution in [0.2, 0.25) is 0 Å². The number of aryl methyl sites for hydroxylation is 1. The molecule has 0 saturated heterocycles. The molecule has 90 valence electrons. The van der Waals surface area contributed by atoms with Gasteiger partial charge in [-0.25, -0.2) is 4.98 Å². The van der Waals surface area contributed by atoms with E-state index in [1.54, 1.807) is 0 Å². The third-order valence-electron chi connectivity index (χ3n) is 2.56. The highest BCUT2D eigenvalue weighted by molar-refractivity contribution is 5.74. The molecule has 1 aromatic heterocycles. The van der Waals surface area contributed by atoms with Crippen LogP contribution in [-0.4, -0.2) is 32.3 Å². The third-order valence-corrected chi connectivity index (χ3v) is 2.56. The summed E-state index contributed by atoms with van der Waals surface area (Å²) in [5, 5.41) is 17.9. The number of aliphatic hydroxyl groups is 1. The van der Waals surface area contributed by atoms with Gasteiger partial charge in [0.25, 0.3) is 0 Å². The van der Waals surface area contributed by atoms with Crippen LogP contribution in [0.15, 0.2) is 24.3 Å². The third kappa shape index (κ3) is 3.04. The molecule has 0 fully saturated rings. The average molecular weight is 234 g/mol. The Kier molecular flexibility index (Phi) is 3.39. The molecule has 3 N–H and O–H groups in total. The maximum absolute atomic E-state index is 10.4. The molecule has 0 spiro atoms. The lowest BCUT2D eigenvalue weighted by molar-refractivity contribution is -0.139. The first-order valence-corrected chi connectivity index (χ1v) is 5.48. The van der Waals surface area contributed by atoms with Crippen molar-refractivity contribution in [3.8, 4) is 0 Å². The van der Waals surface area contributed by atoms with E-state index in [4.69, 9.17) is 5.11 Å². The number of carboxylic acid groups (broad SMARTS) is 1. The normalized spacial score (nSPS) is 12.8. The quantitative estimate of drug-likeness (QED) is 0.728. The van der Waals surface area contributed by atoms with Crippen molar-refractivity contribution in [2.75, 3.05) is 0 Å². The van der Waals surface area contributed by atoms with Gasteiger partial charge in [0.2, 0.25) is 0 Å². The van der Waals surface area contributed by atoms with E-state index in [1.165, 1.54) is 0 Å². The van der Waals surface area contributed by atoms with Crippen molar-refractivity contribution in [2.24, 2.45) is 0 Å². The summed E-state index contributed by atoms with van der Waals surface area (Å²) in [6, 6.07) is 7.66. The van der Waals surface area contributed by atoms with E-state index < -0.39 is 12.1 Å². The van der Waals surface area contributed by atoms with Crippen LogP contribution < -0.4 is 0 Å². The second-order valence-corrected chi connectivity index (χ2v) is 3.99. The molecule has 0 radical (unpaired) electrons. The number of aromatic nitrogens is 2. The molecular weight excluding hydrogens is 220 g/mol. The fourth-order valence-electron chi connectivity index (χ4n) is 1.73. The van der Waals surface area contributed by atoms with Gasteiger partial charge < -0.3 is 15.2 Å². The summed E-state index contributed by atoms with van der Waals surface area (Å²) in [6.07, 6.45) is -0.101. The number of imidazole rings is 1. The molecule has 2 rings (SSSR count). The summed E-state index contributed by atoms with van der Waals surface area (Å²) < 4.78 is 0. The summed E-state index contributed by atoms with van der Waals surface area (Å²) in [5.41, 5.74) is 1.84. The van der Waals surface area contributed by atoms with E-state index >= 15 is 0 Å². The summed E-state index contributed by atoms with van der Waals surface area (Å²) in [6.45, 7) is 0. The van der Waals surface area contributed by atoms with E-state index in [-0.39, 0.29) is 6.42 Å². The van der Waals surface area contributed by atoms with Gasteiger partial charge in [-0.1, -0.05) is 12.1 Å². The first-order valence-electron chi connectivity index (χ1n) is 5.48. The zero-order valence-electron chi connectivity index (χ0n) is 9.26. The van der Waals surface area contributed by atoms with Crippen LogP contribution in [0, 0.1) is 0 Å². The Morgan fingerprint density at radius 3 is 2.88 bits per heavy atom. The number of aliphatic hydroxyl groups excluding tert-OH is 1. The standard InChI is InChI=1S/C12H14N2O3/c15-8(7-12(16)17)5-6-11-13-9-3-1-2-4-10(9)14-11/h1-4,8,15H,5-7H2,(H,13,14)(H,16,17)/t8-/m1/s1. The highest BCUT2D eigenvalue weighted by atomic mass is 16.4. The van der Waals surface area contributed by atoms with Crippen LogP contribution in [-0.2, 0) is 11.2 Å². The average Bonchev–Trinajstić information content (AvgIpc) is 2.68. The van der Waals surface area contributed by atoms with Gasteiger partial charge in [-0.3, -0.25) is 4.79 Å². The molecular formula is C12H14N2O3.